The highest BCUT2D eigenvalue weighted by Gasteiger charge is 2.30. The molecule has 26 heavy (non-hydrogen) atoms. The molecule has 2 N–H and O–H groups in total. The fourth-order valence-electron chi connectivity index (χ4n) is 3.42. The number of hydrogen-bond donors (Lipinski definition) is 1. The number of carbonyl (C=O) groups is 1. The summed E-state index contributed by atoms with van der Waals surface area (Å²) in [6.07, 6.45) is 3.67. The van der Waals surface area contributed by atoms with Crippen LogP contribution in [0.5, 0.6) is 0 Å². The summed E-state index contributed by atoms with van der Waals surface area (Å²) >= 11 is 1.63. The number of aromatic nitrogens is 3. The Labute approximate surface area is 155 Å². The minimum Gasteiger partial charge on any atom is -0.396 e. The first kappa shape index (κ1) is 17.0. The second kappa shape index (κ2) is 6.69. The molecule has 1 fully saturated rings. The number of nitrogen functional groups attached to an aromatic ring is 1. The molecule has 0 bridgehead atoms. The van der Waals surface area contributed by atoms with Gasteiger partial charge in [-0.2, -0.15) is 0 Å². The lowest BCUT2D eigenvalue weighted by atomic mass is 10.2. The van der Waals surface area contributed by atoms with Crippen LogP contribution in [0.3, 0.4) is 0 Å². The van der Waals surface area contributed by atoms with Crippen molar-refractivity contribution in [3.63, 3.8) is 0 Å². The average Bonchev–Trinajstić information content (AvgIpc) is 3.33. The van der Waals surface area contributed by atoms with Crippen molar-refractivity contribution in [3.8, 4) is 10.7 Å². The molecule has 0 spiro atoms. The van der Waals surface area contributed by atoms with Crippen LogP contribution in [-0.4, -0.2) is 51.7 Å². The molecule has 0 unspecified atom stereocenters. The highest BCUT2D eigenvalue weighted by Crippen LogP contribution is 2.27. The Kier molecular flexibility index (Phi) is 4.37. The summed E-state index contributed by atoms with van der Waals surface area (Å²) in [4.78, 5) is 21.5. The molecule has 1 atom stereocenters. The van der Waals surface area contributed by atoms with Crippen molar-refractivity contribution in [2.24, 2.45) is 0 Å². The Bertz CT molecular complexity index is 964. The Balaban J connectivity index is 1.69. The number of rotatable bonds is 4. The van der Waals surface area contributed by atoms with Crippen molar-refractivity contribution in [2.45, 2.75) is 25.8 Å². The molecule has 8 heteroatoms. The lowest BCUT2D eigenvalue weighted by Gasteiger charge is -2.24. The lowest BCUT2D eigenvalue weighted by molar-refractivity contribution is 0.0630. The number of aryl methyl sites for hydroxylation is 1. The Morgan fingerprint density at radius 2 is 2.31 bits per heavy atom. The van der Waals surface area contributed by atoms with E-state index in [1.165, 1.54) is 4.88 Å². The molecule has 3 aromatic heterocycles. The molecule has 1 amide bonds. The van der Waals surface area contributed by atoms with Gasteiger partial charge in [0.25, 0.3) is 5.91 Å². The summed E-state index contributed by atoms with van der Waals surface area (Å²) in [5.41, 5.74) is 7.71. The average molecular weight is 371 g/mol. The minimum absolute atomic E-state index is 0.0397. The molecule has 4 heterocycles. The SMILES string of the molecule is COC[C@@H]1CCCN1C(=O)c1cc(N)c2nc(-c3ccc(C)s3)nn2c1. The number of thiophene rings is 1. The first-order valence-corrected chi connectivity index (χ1v) is 9.41. The van der Waals surface area contributed by atoms with Gasteiger partial charge in [0.05, 0.1) is 28.8 Å². The predicted molar refractivity (Wildman–Crippen MR) is 101 cm³/mol. The lowest BCUT2D eigenvalue weighted by Crippen LogP contribution is -2.38. The number of ether oxygens (including phenoxy) is 1. The van der Waals surface area contributed by atoms with Crippen LogP contribution in [-0.2, 0) is 4.74 Å². The third-order valence-corrected chi connectivity index (χ3v) is 5.66. The molecule has 3 aromatic rings. The van der Waals surface area contributed by atoms with Crippen LogP contribution < -0.4 is 5.73 Å². The summed E-state index contributed by atoms with van der Waals surface area (Å²) in [6, 6.07) is 5.84. The summed E-state index contributed by atoms with van der Waals surface area (Å²) in [7, 11) is 1.66. The molecule has 0 aliphatic carbocycles. The number of likely N-dealkylation sites (tertiary alicyclic amines) is 1. The molecule has 0 radical (unpaired) electrons. The molecular weight excluding hydrogens is 350 g/mol. The second-order valence-corrected chi connectivity index (χ2v) is 7.84. The number of pyridine rings is 1. The van der Waals surface area contributed by atoms with Crippen molar-refractivity contribution < 1.29 is 9.53 Å². The van der Waals surface area contributed by atoms with Crippen molar-refractivity contribution in [1.82, 2.24) is 19.5 Å². The Morgan fingerprint density at radius 1 is 1.46 bits per heavy atom. The first-order chi connectivity index (χ1) is 12.6. The van der Waals surface area contributed by atoms with Crippen molar-refractivity contribution in [2.75, 3.05) is 26.0 Å². The van der Waals surface area contributed by atoms with Gasteiger partial charge < -0.3 is 15.4 Å². The van der Waals surface area contributed by atoms with E-state index in [-0.39, 0.29) is 11.9 Å². The van der Waals surface area contributed by atoms with Crippen LogP contribution in [0, 0.1) is 6.92 Å². The number of nitrogens with two attached hydrogens (primary N) is 1. The van der Waals surface area contributed by atoms with Gasteiger partial charge in [-0.25, -0.2) is 9.50 Å². The molecule has 0 aromatic carbocycles. The van der Waals surface area contributed by atoms with E-state index >= 15 is 0 Å². The highest BCUT2D eigenvalue weighted by atomic mass is 32.1. The maximum absolute atomic E-state index is 13.0. The van der Waals surface area contributed by atoms with Gasteiger partial charge in [0, 0.05) is 24.7 Å². The number of amides is 1. The second-order valence-electron chi connectivity index (χ2n) is 6.55. The van der Waals surface area contributed by atoms with Crippen molar-refractivity contribution in [1.29, 1.82) is 0 Å². The normalized spacial score (nSPS) is 17.3. The van der Waals surface area contributed by atoms with E-state index in [2.05, 4.69) is 10.1 Å². The van der Waals surface area contributed by atoms with E-state index in [9.17, 15) is 4.79 Å². The van der Waals surface area contributed by atoms with Crippen molar-refractivity contribution in [3.05, 3.63) is 34.8 Å². The third kappa shape index (κ3) is 2.95. The zero-order valence-electron chi connectivity index (χ0n) is 14.8. The van der Waals surface area contributed by atoms with Gasteiger partial charge in [0.1, 0.15) is 0 Å². The number of anilines is 1. The van der Waals surface area contributed by atoms with E-state index in [0.717, 1.165) is 24.3 Å². The first-order valence-electron chi connectivity index (χ1n) is 8.59. The van der Waals surface area contributed by atoms with E-state index < -0.39 is 0 Å². The highest BCUT2D eigenvalue weighted by molar-refractivity contribution is 7.15. The molecule has 7 nitrogen and oxygen atoms in total. The fourth-order valence-corrected chi connectivity index (χ4v) is 4.22. The number of fused-ring (bicyclic) bond motifs is 1. The molecule has 0 saturated carbocycles. The molecule has 136 valence electrons. The fraction of sp³-hybridized carbons (Fsp3) is 0.389. The summed E-state index contributed by atoms with van der Waals surface area (Å²) in [5.74, 6) is 0.583. The van der Waals surface area contributed by atoms with Gasteiger partial charge in [0.2, 0.25) is 0 Å². The zero-order chi connectivity index (χ0) is 18.3. The van der Waals surface area contributed by atoms with E-state index in [1.54, 1.807) is 35.2 Å². The summed E-state index contributed by atoms with van der Waals surface area (Å²) < 4.78 is 6.85. The Morgan fingerprint density at radius 3 is 3.04 bits per heavy atom. The van der Waals surface area contributed by atoms with Crippen LogP contribution in [0.2, 0.25) is 0 Å². The molecule has 1 aliphatic heterocycles. The monoisotopic (exact) mass is 371 g/mol. The molecule has 4 rings (SSSR count). The van der Waals surface area contributed by atoms with Gasteiger partial charge in [-0.3, -0.25) is 4.79 Å². The van der Waals surface area contributed by atoms with Crippen LogP contribution in [0.1, 0.15) is 28.1 Å². The van der Waals surface area contributed by atoms with E-state index in [1.807, 2.05) is 24.0 Å². The van der Waals surface area contributed by atoms with Crippen LogP contribution in [0.4, 0.5) is 5.69 Å². The van der Waals surface area contributed by atoms with Gasteiger partial charge >= 0.3 is 0 Å². The molecule has 1 saturated heterocycles. The van der Waals surface area contributed by atoms with Crippen LogP contribution in [0.25, 0.3) is 16.3 Å². The zero-order valence-corrected chi connectivity index (χ0v) is 15.6. The van der Waals surface area contributed by atoms with Gasteiger partial charge in [-0.15, -0.1) is 16.4 Å². The van der Waals surface area contributed by atoms with Gasteiger partial charge in [-0.1, -0.05) is 0 Å². The topological polar surface area (TPSA) is 85.8 Å². The largest absolute Gasteiger partial charge is 0.396 e. The number of methoxy groups -OCH3 is 1. The quantitative estimate of drug-likeness (QED) is 0.762. The Hall–Kier alpha value is -2.45. The van der Waals surface area contributed by atoms with Gasteiger partial charge in [0.15, 0.2) is 11.5 Å². The number of hydrogen-bond acceptors (Lipinski definition) is 6. The maximum atomic E-state index is 13.0. The van der Waals surface area contributed by atoms with E-state index in [0.29, 0.717) is 29.3 Å². The summed E-state index contributed by atoms with van der Waals surface area (Å²) in [6.45, 7) is 3.33. The predicted octanol–water partition coefficient (Wildman–Crippen LogP) is 2.60. The van der Waals surface area contributed by atoms with Crippen LogP contribution in [0.15, 0.2) is 24.4 Å². The molecule has 1 aliphatic rings. The van der Waals surface area contributed by atoms with E-state index in [4.69, 9.17) is 10.5 Å². The number of carbonyl (C=O) groups excluding carboxylic acids is 1. The molecular formula is C18H21N5O2S. The standard InChI is InChI=1S/C18H21N5O2S/c1-11-5-6-15(26-11)16-20-17-14(19)8-12(9-23(17)21-16)18(24)22-7-3-4-13(22)10-25-2/h5-6,8-9,13H,3-4,7,10,19H2,1-2H3/t13-/m0/s1. The van der Waals surface area contributed by atoms with Crippen molar-refractivity contribution >= 4 is 28.6 Å². The smallest absolute Gasteiger partial charge is 0.255 e. The number of nitrogens with zero attached hydrogens (tertiary/aromatic N) is 4. The summed E-state index contributed by atoms with van der Waals surface area (Å²) in [5, 5.41) is 4.52. The minimum atomic E-state index is -0.0397. The van der Waals surface area contributed by atoms with Gasteiger partial charge in [-0.05, 0) is 38.0 Å². The maximum Gasteiger partial charge on any atom is 0.255 e. The third-order valence-electron chi connectivity index (χ3n) is 4.67. The van der Waals surface area contributed by atoms with Crippen LogP contribution >= 0.6 is 11.3 Å².